The van der Waals surface area contributed by atoms with Crippen molar-refractivity contribution < 1.29 is 8.42 Å². The lowest BCUT2D eigenvalue weighted by atomic mass is 10.3. The third-order valence-electron chi connectivity index (χ3n) is 2.69. The second kappa shape index (κ2) is 5.05. The Bertz CT molecular complexity index is 860. The van der Waals surface area contributed by atoms with Crippen molar-refractivity contribution in [2.45, 2.75) is 4.90 Å². The maximum Gasteiger partial charge on any atom is 0.262 e. The van der Waals surface area contributed by atoms with E-state index in [1.165, 1.54) is 23.5 Å². The maximum absolute atomic E-state index is 12.2. The van der Waals surface area contributed by atoms with Gasteiger partial charge >= 0.3 is 0 Å². The molecule has 3 aromatic rings. The second-order valence-electron chi connectivity index (χ2n) is 4.02. The van der Waals surface area contributed by atoms with Crippen molar-refractivity contribution >= 4 is 48.2 Å². The van der Waals surface area contributed by atoms with Crippen LogP contribution in [0.25, 0.3) is 10.2 Å². The average molecular weight is 325 g/mol. The summed E-state index contributed by atoms with van der Waals surface area (Å²) in [5.74, 6) is 0. The Kier molecular flexibility index (Phi) is 3.37. The van der Waals surface area contributed by atoms with Crippen LogP contribution in [0.3, 0.4) is 0 Å². The van der Waals surface area contributed by atoms with Gasteiger partial charge in [0, 0.05) is 11.6 Å². The molecule has 0 unspecified atom stereocenters. The fourth-order valence-corrected chi connectivity index (χ4v) is 4.44. The third-order valence-corrected chi connectivity index (χ3v) is 5.71. The van der Waals surface area contributed by atoms with E-state index in [1.54, 1.807) is 30.5 Å². The van der Waals surface area contributed by atoms with E-state index in [9.17, 15) is 8.42 Å². The Morgan fingerprint density at radius 2 is 1.85 bits per heavy atom. The van der Waals surface area contributed by atoms with Crippen molar-refractivity contribution in [3.63, 3.8) is 0 Å². The summed E-state index contributed by atoms with van der Waals surface area (Å²) in [6, 6.07) is 11.7. The van der Waals surface area contributed by atoms with Gasteiger partial charge in [-0.3, -0.25) is 4.72 Å². The lowest BCUT2D eigenvalue weighted by molar-refractivity contribution is 0.601. The number of hydrogen-bond acceptors (Lipinski definition) is 4. The molecule has 0 amide bonds. The van der Waals surface area contributed by atoms with Gasteiger partial charge in [-0.25, -0.2) is 13.4 Å². The average Bonchev–Trinajstić information content (AvgIpc) is 2.76. The van der Waals surface area contributed by atoms with Crippen LogP contribution in [0.4, 0.5) is 5.00 Å². The van der Waals surface area contributed by atoms with Gasteiger partial charge in [-0.1, -0.05) is 41.1 Å². The summed E-state index contributed by atoms with van der Waals surface area (Å²) in [4.78, 5) is 5.06. The molecule has 3 rings (SSSR count). The normalized spacial score (nSPS) is 11.7. The highest BCUT2D eigenvalue weighted by Crippen LogP contribution is 2.39. The zero-order chi connectivity index (χ0) is 14.2. The first-order valence-corrected chi connectivity index (χ1v) is 8.36. The van der Waals surface area contributed by atoms with Gasteiger partial charge in [0.05, 0.1) is 9.92 Å². The number of thiophene rings is 1. The van der Waals surface area contributed by atoms with Crippen LogP contribution in [0.5, 0.6) is 0 Å². The molecule has 0 aliphatic heterocycles. The minimum Gasteiger partial charge on any atom is -0.269 e. The highest BCUT2D eigenvalue weighted by molar-refractivity contribution is 7.93. The standard InChI is InChI=1S/C13H9ClN2O2S2/c14-11-10-7-4-8-15-12(10)19-13(11)16-20(17,18)9-5-2-1-3-6-9/h1-8,16H. The van der Waals surface area contributed by atoms with Gasteiger partial charge in [-0.15, -0.1) is 0 Å². The second-order valence-corrected chi connectivity index (χ2v) is 7.08. The maximum atomic E-state index is 12.2. The monoisotopic (exact) mass is 324 g/mol. The van der Waals surface area contributed by atoms with E-state index < -0.39 is 10.0 Å². The highest BCUT2D eigenvalue weighted by Gasteiger charge is 2.18. The summed E-state index contributed by atoms with van der Waals surface area (Å²) in [7, 11) is -3.64. The number of pyridine rings is 1. The Hall–Kier alpha value is -1.63. The molecule has 0 saturated carbocycles. The summed E-state index contributed by atoms with van der Waals surface area (Å²) in [6.07, 6.45) is 1.64. The quantitative estimate of drug-likeness (QED) is 0.798. The molecule has 102 valence electrons. The Balaban J connectivity index is 2.03. The van der Waals surface area contributed by atoms with Gasteiger partial charge in [0.25, 0.3) is 10.0 Å². The molecule has 7 heteroatoms. The summed E-state index contributed by atoms with van der Waals surface area (Å²) in [5.41, 5.74) is 0. The molecule has 0 aliphatic rings. The van der Waals surface area contributed by atoms with Crippen molar-refractivity contribution in [3.8, 4) is 0 Å². The molecule has 2 heterocycles. The van der Waals surface area contributed by atoms with Crippen molar-refractivity contribution in [2.24, 2.45) is 0 Å². The summed E-state index contributed by atoms with van der Waals surface area (Å²) >= 11 is 7.41. The minimum atomic E-state index is -3.64. The molecular formula is C13H9ClN2O2S2. The molecule has 0 radical (unpaired) electrons. The van der Waals surface area contributed by atoms with E-state index in [2.05, 4.69) is 9.71 Å². The van der Waals surface area contributed by atoms with E-state index in [4.69, 9.17) is 11.6 Å². The first-order chi connectivity index (χ1) is 9.58. The van der Waals surface area contributed by atoms with E-state index in [0.29, 0.717) is 14.9 Å². The predicted octanol–water partition coefficient (Wildman–Crippen LogP) is 3.75. The van der Waals surface area contributed by atoms with E-state index in [1.807, 2.05) is 6.07 Å². The van der Waals surface area contributed by atoms with Gasteiger partial charge < -0.3 is 0 Å². The number of aromatic nitrogens is 1. The molecule has 0 spiro atoms. The molecule has 0 bridgehead atoms. The molecule has 4 nitrogen and oxygen atoms in total. The number of benzene rings is 1. The zero-order valence-corrected chi connectivity index (χ0v) is 12.5. The Morgan fingerprint density at radius 3 is 2.55 bits per heavy atom. The molecule has 0 fully saturated rings. The van der Waals surface area contributed by atoms with E-state index in [0.717, 1.165) is 5.39 Å². The van der Waals surface area contributed by atoms with Crippen molar-refractivity contribution in [1.82, 2.24) is 4.98 Å². The fraction of sp³-hybridized carbons (Fsp3) is 0. The summed E-state index contributed by atoms with van der Waals surface area (Å²) in [5, 5.41) is 1.49. The topological polar surface area (TPSA) is 59.1 Å². The number of anilines is 1. The van der Waals surface area contributed by atoms with Gasteiger partial charge in [0.1, 0.15) is 9.83 Å². The molecule has 0 saturated heterocycles. The number of rotatable bonds is 3. The summed E-state index contributed by atoms with van der Waals surface area (Å²) in [6.45, 7) is 0. The number of halogens is 1. The Morgan fingerprint density at radius 1 is 1.10 bits per heavy atom. The molecular weight excluding hydrogens is 316 g/mol. The van der Waals surface area contributed by atoms with E-state index >= 15 is 0 Å². The molecule has 0 aliphatic carbocycles. The largest absolute Gasteiger partial charge is 0.269 e. The van der Waals surface area contributed by atoms with Crippen LogP contribution in [0.15, 0.2) is 53.6 Å². The smallest absolute Gasteiger partial charge is 0.262 e. The fourth-order valence-electron chi connectivity index (χ4n) is 1.75. The first kappa shape index (κ1) is 13.4. The number of sulfonamides is 1. The van der Waals surface area contributed by atoms with E-state index in [-0.39, 0.29) is 4.90 Å². The Labute approximate surface area is 125 Å². The van der Waals surface area contributed by atoms with Crippen LogP contribution in [-0.2, 0) is 10.0 Å². The van der Waals surface area contributed by atoms with Crippen LogP contribution in [-0.4, -0.2) is 13.4 Å². The minimum absolute atomic E-state index is 0.196. The molecule has 1 N–H and O–H groups in total. The van der Waals surface area contributed by atoms with Gasteiger partial charge in [0.15, 0.2) is 0 Å². The van der Waals surface area contributed by atoms with Crippen molar-refractivity contribution in [3.05, 3.63) is 53.7 Å². The van der Waals surface area contributed by atoms with Gasteiger partial charge in [-0.2, -0.15) is 0 Å². The zero-order valence-electron chi connectivity index (χ0n) is 10.1. The lowest BCUT2D eigenvalue weighted by Crippen LogP contribution is -2.11. The lowest BCUT2D eigenvalue weighted by Gasteiger charge is -2.05. The third kappa shape index (κ3) is 2.37. The number of hydrogen-bond donors (Lipinski definition) is 1. The highest BCUT2D eigenvalue weighted by atomic mass is 35.5. The van der Waals surface area contributed by atoms with Gasteiger partial charge in [0.2, 0.25) is 0 Å². The predicted molar refractivity (Wildman–Crippen MR) is 81.9 cm³/mol. The SMILES string of the molecule is O=S(=O)(Nc1sc2ncccc2c1Cl)c1ccccc1. The first-order valence-electron chi connectivity index (χ1n) is 5.69. The van der Waals surface area contributed by atoms with Crippen LogP contribution >= 0.6 is 22.9 Å². The van der Waals surface area contributed by atoms with Crippen LogP contribution < -0.4 is 4.72 Å². The van der Waals surface area contributed by atoms with Crippen molar-refractivity contribution in [1.29, 1.82) is 0 Å². The number of fused-ring (bicyclic) bond motifs is 1. The molecule has 0 atom stereocenters. The molecule has 2 aromatic heterocycles. The van der Waals surface area contributed by atoms with Crippen LogP contribution in [0.2, 0.25) is 5.02 Å². The molecule has 1 aromatic carbocycles. The van der Waals surface area contributed by atoms with Crippen molar-refractivity contribution in [2.75, 3.05) is 4.72 Å². The summed E-state index contributed by atoms with van der Waals surface area (Å²) < 4.78 is 27.0. The number of nitrogens with one attached hydrogen (secondary N) is 1. The molecule has 20 heavy (non-hydrogen) atoms. The number of nitrogens with zero attached hydrogens (tertiary/aromatic N) is 1. The van der Waals surface area contributed by atoms with Gasteiger partial charge in [-0.05, 0) is 24.3 Å². The van der Waals surface area contributed by atoms with Crippen LogP contribution in [0.1, 0.15) is 0 Å². The van der Waals surface area contributed by atoms with Crippen LogP contribution in [0, 0.1) is 0 Å².